The van der Waals surface area contributed by atoms with Gasteiger partial charge < -0.3 is 14.4 Å². The molecule has 0 spiro atoms. The number of carbonyl (C=O) groups is 2. The van der Waals surface area contributed by atoms with Crippen molar-refractivity contribution in [1.82, 2.24) is 14.7 Å². The number of amides is 1. The van der Waals surface area contributed by atoms with Gasteiger partial charge >= 0.3 is 5.97 Å². The number of nitrogens with zero attached hydrogens (tertiary/aromatic N) is 3. The van der Waals surface area contributed by atoms with Crippen molar-refractivity contribution in [3.05, 3.63) is 53.5 Å². The molecule has 1 unspecified atom stereocenters. The van der Waals surface area contributed by atoms with E-state index in [2.05, 4.69) is 5.10 Å². The molecule has 2 aromatic heterocycles. The summed E-state index contributed by atoms with van der Waals surface area (Å²) < 4.78 is 7.13. The van der Waals surface area contributed by atoms with Crippen LogP contribution in [0.25, 0.3) is 11.0 Å². The maximum Gasteiger partial charge on any atom is 0.325 e. The van der Waals surface area contributed by atoms with Gasteiger partial charge in [-0.15, -0.1) is 0 Å². The van der Waals surface area contributed by atoms with E-state index in [0.29, 0.717) is 13.0 Å². The number of aryl methyl sites for hydroxylation is 1. The Morgan fingerprint density at radius 3 is 3.00 bits per heavy atom. The molecule has 3 heterocycles. The van der Waals surface area contributed by atoms with Gasteiger partial charge in [-0.25, -0.2) is 0 Å². The maximum atomic E-state index is 12.9. The smallest absolute Gasteiger partial charge is 0.325 e. The molecule has 1 aromatic carbocycles. The topological polar surface area (TPSA) is 88.6 Å². The summed E-state index contributed by atoms with van der Waals surface area (Å²) in [6.45, 7) is 3.15. The molecule has 0 saturated carbocycles. The van der Waals surface area contributed by atoms with Gasteiger partial charge in [-0.2, -0.15) is 5.10 Å². The van der Waals surface area contributed by atoms with Crippen molar-refractivity contribution in [1.29, 1.82) is 0 Å². The summed E-state index contributed by atoms with van der Waals surface area (Å²) in [4.78, 5) is 25.8. The number of aliphatic carboxylic acids is 1. The van der Waals surface area contributed by atoms with Crippen molar-refractivity contribution in [2.75, 3.05) is 13.1 Å². The van der Waals surface area contributed by atoms with Crippen LogP contribution in [0.2, 0.25) is 0 Å². The van der Waals surface area contributed by atoms with E-state index in [1.807, 2.05) is 36.1 Å². The number of carboxylic acid groups (broad SMARTS) is 1. The van der Waals surface area contributed by atoms with Crippen LogP contribution >= 0.6 is 0 Å². The molecule has 0 radical (unpaired) electrons. The summed E-state index contributed by atoms with van der Waals surface area (Å²) in [5.41, 5.74) is 3.70. The third-order valence-corrected chi connectivity index (χ3v) is 5.38. The molecule has 1 aliphatic heterocycles. The average Bonchev–Trinajstić information content (AvgIpc) is 3.28. The molecule has 0 bridgehead atoms. The molecule has 28 heavy (non-hydrogen) atoms. The van der Waals surface area contributed by atoms with Gasteiger partial charge in [-0.1, -0.05) is 12.1 Å². The number of piperidine rings is 1. The predicted octanol–water partition coefficient (Wildman–Crippen LogP) is 2.97. The van der Waals surface area contributed by atoms with Crippen LogP contribution in [0, 0.1) is 6.92 Å². The predicted molar refractivity (Wildman–Crippen MR) is 103 cm³/mol. The standard InChI is InChI=1S/C21H23N3O4/c1-14-4-5-17-16(13-28-19(17)9-14)10-20(25)23-8-2-3-15(11-23)18-6-7-22-24(18)12-21(26)27/h4-7,9,13,15H,2-3,8,10-12H2,1H3,(H,26,27). The molecule has 1 atom stereocenters. The number of fused-ring (bicyclic) bond motifs is 1. The van der Waals surface area contributed by atoms with Crippen LogP contribution in [0.15, 0.2) is 41.1 Å². The third kappa shape index (κ3) is 3.65. The molecule has 7 heteroatoms. The fourth-order valence-electron chi connectivity index (χ4n) is 4.00. The minimum absolute atomic E-state index is 0.0669. The minimum Gasteiger partial charge on any atom is -0.480 e. The Morgan fingerprint density at radius 1 is 1.32 bits per heavy atom. The zero-order valence-electron chi connectivity index (χ0n) is 15.8. The second kappa shape index (κ2) is 7.50. The number of aromatic nitrogens is 2. The molecule has 1 N–H and O–H groups in total. The Morgan fingerprint density at radius 2 is 2.18 bits per heavy atom. The highest BCUT2D eigenvalue weighted by molar-refractivity contribution is 5.88. The van der Waals surface area contributed by atoms with Crippen LogP contribution in [-0.4, -0.2) is 44.8 Å². The number of rotatable bonds is 5. The number of hydrogen-bond donors (Lipinski definition) is 1. The number of likely N-dealkylation sites (tertiary alicyclic amines) is 1. The maximum absolute atomic E-state index is 12.9. The van der Waals surface area contributed by atoms with Crippen LogP contribution in [0.4, 0.5) is 0 Å². The minimum atomic E-state index is -0.921. The van der Waals surface area contributed by atoms with Crippen LogP contribution in [-0.2, 0) is 22.6 Å². The molecular weight excluding hydrogens is 358 g/mol. The van der Waals surface area contributed by atoms with Gasteiger partial charge in [0.15, 0.2) is 0 Å². The van der Waals surface area contributed by atoms with Crippen molar-refractivity contribution in [3.8, 4) is 0 Å². The van der Waals surface area contributed by atoms with Crippen LogP contribution in [0.3, 0.4) is 0 Å². The molecule has 1 saturated heterocycles. The van der Waals surface area contributed by atoms with E-state index in [1.165, 1.54) is 4.68 Å². The van der Waals surface area contributed by atoms with Gasteiger partial charge in [-0.3, -0.25) is 14.3 Å². The largest absolute Gasteiger partial charge is 0.480 e. The van der Waals surface area contributed by atoms with E-state index in [4.69, 9.17) is 9.52 Å². The van der Waals surface area contributed by atoms with Crippen LogP contribution in [0.5, 0.6) is 0 Å². The molecule has 1 aliphatic rings. The average molecular weight is 381 g/mol. The normalized spacial score (nSPS) is 17.2. The van der Waals surface area contributed by atoms with Crippen molar-refractivity contribution in [2.24, 2.45) is 0 Å². The highest BCUT2D eigenvalue weighted by Crippen LogP contribution is 2.28. The lowest BCUT2D eigenvalue weighted by molar-refractivity contribution is -0.138. The first-order valence-electron chi connectivity index (χ1n) is 9.49. The first-order valence-corrected chi connectivity index (χ1v) is 9.49. The fourth-order valence-corrected chi connectivity index (χ4v) is 4.00. The zero-order valence-corrected chi connectivity index (χ0v) is 15.8. The first kappa shape index (κ1) is 18.3. The summed E-state index contributed by atoms with van der Waals surface area (Å²) >= 11 is 0. The summed E-state index contributed by atoms with van der Waals surface area (Å²) in [6, 6.07) is 7.85. The lowest BCUT2D eigenvalue weighted by Gasteiger charge is -2.33. The second-order valence-electron chi connectivity index (χ2n) is 7.42. The van der Waals surface area contributed by atoms with E-state index in [1.54, 1.807) is 12.5 Å². The van der Waals surface area contributed by atoms with E-state index in [-0.39, 0.29) is 18.4 Å². The summed E-state index contributed by atoms with van der Waals surface area (Å²) in [5, 5.41) is 14.2. The number of carboxylic acids is 1. The lowest BCUT2D eigenvalue weighted by atomic mass is 9.94. The molecular formula is C21H23N3O4. The van der Waals surface area contributed by atoms with Gasteiger partial charge in [0.2, 0.25) is 5.91 Å². The van der Waals surface area contributed by atoms with Crippen LogP contribution < -0.4 is 0 Å². The Bertz CT molecular complexity index is 1020. The Kier molecular flexibility index (Phi) is 4.90. The highest BCUT2D eigenvalue weighted by atomic mass is 16.4. The van der Waals surface area contributed by atoms with Crippen molar-refractivity contribution in [3.63, 3.8) is 0 Å². The number of benzene rings is 1. The van der Waals surface area contributed by atoms with Gasteiger partial charge in [0.1, 0.15) is 12.1 Å². The van der Waals surface area contributed by atoms with E-state index in [0.717, 1.165) is 47.2 Å². The van der Waals surface area contributed by atoms with E-state index >= 15 is 0 Å². The SMILES string of the molecule is Cc1ccc2c(CC(=O)N3CCCC(c4ccnn4CC(=O)O)C3)coc2c1. The molecule has 1 fully saturated rings. The molecule has 146 valence electrons. The van der Waals surface area contributed by atoms with Gasteiger partial charge in [0.25, 0.3) is 0 Å². The Labute approximate surface area is 162 Å². The Hall–Kier alpha value is -3.09. The van der Waals surface area contributed by atoms with Gasteiger partial charge in [-0.05, 0) is 37.5 Å². The number of furan rings is 1. The van der Waals surface area contributed by atoms with Crippen molar-refractivity contribution < 1.29 is 19.1 Å². The summed E-state index contributed by atoms with van der Waals surface area (Å²) in [6.07, 6.45) is 5.41. The Balaban J connectivity index is 1.47. The number of carbonyl (C=O) groups excluding carboxylic acids is 1. The second-order valence-corrected chi connectivity index (χ2v) is 7.42. The molecule has 4 rings (SSSR count). The zero-order chi connectivity index (χ0) is 19.7. The van der Waals surface area contributed by atoms with Crippen molar-refractivity contribution >= 4 is 22.8 Å². The lowest BCUT2D eigenvalue weighted by Crippen LogP contribution is -2.40. The van der Waals surface area contributed by atoms with E-state index < -0.39 is 5.97 Å². The van der Waals surface area contributed by atoms with E-state index in [9.17, 15) is 9.59 Å². The summed E-state index contributed by atoms with van der Waals surface area (Å²) in [7, 11) is 0. The third-order valence-electron chi connectivity index (χ3n) is 5.38. The number of hydrogen-bond acceptors (Lipinski definition) is 4. The monoisotopic (exact) mass is 381 g/mol. The molecule has 3 aromatic rings. The summed E-state index contributed by atoms with van der Waals surface area (Å²) in [5.74, 6) is -0.753. The molecule has 7 nitrogen and oxygen atoms in total. The fraction of sp³-hybridized carbons (Fsp3) is 0.381. The molecule has 1 amide bonds. The first-order chi connectivity index (χ1) is 13.5. The highest BCUT2D eigenvalue weighted by Gasteiger charge is 2.27. The van der Waals surface area contributed by atoms with Crippen molar-refractivity contribution in [2.45, 2.75) is 38.6 Å². The molecule has 0 aliphatic carbocycles. The quantitative estimate of drug-likeness (QED) is 0.734. The van der Waals surface area contributed by atoms with Gasteiger partial charge in [0.05, 0.1) is 12.7 Å². The van der Waals surface area contributed by atoms with Crippen LogP contribution in [0.1, 0.15) is 35.6 Å². The van der Waals surface area contributed by atoms with Gasteiger partial charge in [0, 0.05) is 41.8 Å².